The summed E-state index contributed by atoms with van der Waals surface area (Å²) in [6.07, 6.45) is 4.94. The van der Waals surface area contributed by atoms with Gasteiger partial charge in [-0.1, -0.05) is 57.7 Å². The first-order valence-electron chi connectivity index (χ1n) is 5.51. The minimum atomic E-state index is -0.0937. The largest absolute Gasteiger partial charge is 0.289 e. The van der Waals surface area contributed by atoms with Crippen molar-refractivity contribution in [2.24, 2.45) is 4.99 Å². The molecule has 102 valence electrons. The number of rotatable bonds is 5. The number of nitrogens with zero attached hydrogens (tertiary/aromatic N) is 2. The number of carbonyl (C=O) groups excluding carboxylic acids is 1. The molecule has 0 aliphatic rings. The van der Waals surface area contributed by atoms with Gasteiger partial charge in [-0.15, -0.1) is 6.58 Å². The van der Waals surface area contributed by atoms with Crippen LogP contribution in [0, 0.1) is 11.5 Å². The topological polar surface area (TPSA) is 53.2 Å². The predicted octanol–water partition coefficient (Wildman–Crippen LogP) is 4.63. The number of hydrogen-bond acceptors (Lipinski definition) is 5. The number of nitriles is 1. The molecule has 0 atom stereocenters. The summed E-state index contributed by atoms with van der Waals surface area (Å²) >= 11 is 5.96. The van der Waals surface area contributed by atoms with Gasteiger partial charge in [0.15, 0.2) is 5.78 Å². The van der Waals surface area contributed by atoms with E-state index in [0.29, 0.717) is 15.7 Å². The quantitative estimate of drug-likeness (QED) is 0.190. The third-order valence-electron chi connectivity index (χ3n) is 1.96. The van der Waals surface area contributed by atoms with Crippen molar-refractivity contribution < 1.29 is 4.79 Å². The molecule has 0 spiro atoms. The normalized spacial score (nSPS) is 11.3. The Kier molecular flexibility index (Phi) is 8.04. The van der Waals surface area contributed by atoms with Gasteiger partial charge in [-0.25, -0.2) is 0 Å². The standard InChI is InChI=1S/C14H11BrN2OS2/c1-2-7-19-14(17-10-16)20-8-6-13(18)11-4-3-5-12(15)9-11/h2-6,8-9H,1,7H2. The van der Waals surface area contributed by atoms with Crippen molar-refractivity contribution in [3.8, 4) is 6.19 Å². The lowest BCUT2D eigenvalue weighted by atomic mass is 10.1. The van der Waals surface area contributed by atoms with Crippen LogP contribution in [0.5, 0.6) is 0 Å². The molecule has 0 amide bonds. The van der Waals surface area contributed by atoms with Crippen LogP contribution in [0.1, 0.15) is 10.4 Å². The second-order valence-corrected chi connectivity index (χ2v) is 6.45. The molecule has 0 aromatic heterocycles. The van der Waals surface area contributed by atoms with Crippen molar-refractivity contribution in [1.29, 1.82) is 5.26 Å². The molecule has 1 aromatic carbocycles. The van der Waals surface area contributed by atoms with E-state index in [9.17, 15) is 4.79 Å². The lowest BCUT2D eigenvalue weighted by Gasteiger charge is -1.98. The number of thioether (sulfide) groups is 2. The van der Waals surface area contributed by atoms with Gasteiger partial charge in [-0.2, -0.15) is 10.3 Å². The maximum absolute atomic E-state index is 11.9. The smallest absolute Gasteiger partial charge is 0.207 e. The third kappa shape index (κ3) is 6.24. The van der Waals surface area contributed by atoms with E-state index >= 15 is 0 Å². The number of carbonyl (C=O) groups is 1. The molecule has 0 saturated carbocycles. The maximum Gasteiger partial charge on any atom is 0.207 e. The highest BCUT2D eigenvalue weighted by Gasteiger charge is 2.03. The highest BCUT2D eigenvalue weighted by atomic mass is 79.9. The van der Waals surface area contributed by atoms with E-state index in [1.807, 2.05) is 6.07 Å². The lowest BCUT2D eigenvalue weighted by molar-refractivity contribution is 0.104. The van der Waals surface area contributed by atoms with Crippen molar-refractivity contribution in [2.75, 3.05) is 5.75 Å². The van der Waals surface area contributed by atoms with Gasteiger partial charge in [0.05, 0.1) is 0 Å². The molecule has 3 nitrogen and oxygen atoms in total. The lowest BCUT2D eigenvalue weighted by Crippen LogP contribution is -1.93. The van der Waals surface area contributed by atoms with Gasteiger partial charge < -0.3 is 0 Å². The summed E-state index contributed by atoms with van der Waals surface area (Å²) in [6, 6.07) is 7.17. The van der Waals surface area contributed by atoms with E-state index in [0.717, 1.165) is 4.47 Å². The fourth-order valence-corrected chi connectivity index (χ4v) is 2.97. The molecule has 0 aliphatic heterocycles. The van der Waals surface area contributed by atoms with Gasteiger partial charge in [-0.05, 0) is 23.6 Å². The van der Waals surface area contributed by atoms with E-state index in [1.54, 1.807) is 35.9 Å². The Hall–Kier alpha value is -1.29. The summed E-state index contributed by atoms with van der Waals surface area (Å²) in [4.78, 5) is 15.6. The molecule has 0 N–H and O–H groups in total. The van der Waals surface area contributed by atoms with Gasteiger partial charge >= 0.3 is 0 Å². The van der Waals surface area contributed by atoms with E-state index in [2.05, 4.69) is 27.5 Å². The number of hydrogen-bond donors (Lipinski definition) is 0. The number of benzene rings is 1. The van der Waals surface area contributed by atoms with E-state index in [4.69, 9.17) is 5.26 Å². The second-order valence-electron chi connectivity index (χ2n) is 3.37. The first-order valence-corrected chi connectivity index (χ1v) is 8.16. The average molecular weight is 367 g/mol. The Labute approximate surface area is 135 Å². The molecule has 0 fully saturated rings. The van der Waals surface area contributed by atoms with Crippen LogP contribution in [0.2, 0.25) is 0 Å². The molecule has 6 heteroatoms. The van der Waals surface area contributed by atoms with E-state index < -0.39 is 0 Å². The van der Waals surface area contributed by atoms with E-state index in [1.165, 1.54) is 29.6 Å². The van der Waals surface area contributed by atoms with Gasteiger partial charge in [0.25, 0.3) is 0 Å². The summed E-state index contributed by atoms with van der Waals surface area (Å²) in [5.41, 5.74) is 0.605. The van der Waals surface area contributed by atoms with Crippen molar-refractivity contribution in [3.63, 3.8) is 0 Å². The number of halogens is 1. The zero-order valence-corrected chi connectivity index (χ0v) is 13.7. The zero-order chi connectivity index (χ0) is 14.8. The molecule has 0 heterocycles. The van der Waals surface area contributed by atoms with E-state index in [-0.39, 0.29) is 5.78 Å². The molecule has 20 heavy (non-hydrogen) atoms. The van der Waals surface area contributed by atoms with Crippen LogP contribution in [-0.2, 0) is 0 Å². The Morgan fingerprint density at radius 2 is 2.35 bits per heavy atom. The Bertz CT molecular complexity index is 591. The summed E-state index contributed by atoms with van der Waals surface area (Å²) in [6.45, 7) is 3.60. The molecule has 0 saturated heterocycles. The summed E-state index contributed by atoms with van der Waals surface area (Å²) < 4.78 is 1.45. The molecule has 0 bridgehead atoms. The molecular formula is C14H11BrN2OS2. The molecule has 0 radical (unpaired) electrons. The Morgan fingerprint density at radius 1 is 1.55 bits per heavy atom. The second kappa shape index (κ2) is 9.59. The van der Waals surface area contributed by atoms with Crippen LogP contribution >= 0.6 is 39.5 Å². The molecule has 0 unspecified atom stereocenters. The molecule has 1 aromatic rings. The van der Waals surface area contributed by atoms with Crippen LogP contribution < -0.4 is 0 Å². The van der Waals surface area contributed by atoms with Crippen molar-refractivity contribution in [3.05, 3.63) is 58.4 Å². The summed E-state index contributed by atoms with van der Waals surface area (Å²) in [7, 11) is 0. The Balaban J connectivity index is 2.63. The zero-order valence-electron chi connectivity index (χ0n) is 10.5. The van der Waals surface area contributed by atoms with Crippen molar-refractivity contribution in [1.82, 2.24) is 0 Å². The highest BCUT2D eigenvalue weighted by molar-refractivity contribution is 9.10. The van der Waals surface area contributed by atoms with Crippen LogP contribution in [0.25, 0.3) is 0 Å². The van der Waals surface area contributed by atoms with Gasteiger partial charge in [0.2, 0.25) is 6.19 Å². The highest BCUT2D eigenvalue weighted by Crippen LogP contribution is 2.19. The van der Waals surface area contributed by atoms with Gasteiger partial charge in [-0.3, -0.25) is 4.79 Å². The third-order valence-corrected chi connectivity index (χ3v) is 4.40. The maximum atomic E-state index is 11.9. The predicted molar refractivity (Wildman–Crippen MR) is 90.9 cm³/mol. The van der Waals surface area contributed by atoms with Crippen LogP contribution in [0.4, 0.5) is 0 Å². The van der Waals surface area contributed by atoms with Crippen molar-refractivity contribution >= 4 is 49.6 Å². The Morgan fingerprint density at radius 3 is 3.00 bits per heavy atom. The monoisotopic (exact) mass is 366 g/mol. The summed E-state index contributed by atoms with van der Waals surface area (Å²) in [5, 5.41) is 10.2. The first-order chi connectivity index (χ1) is 9.67. The van der Waals surface area contributed by atoms with Gasteiger partial charge in [0, 0.05) is 15.8 Å². The number of allylic oxidation sites excluding steroid dienone is 1. The number of aliphatic imine (C=N–C) groups is 1. The van der Waals surface area contributed by atoms with Gasteiger partial charge in [0.1, 0.15) is 4.38 Å². The minimum absolute atomic E-state index is 0.0937. The molecular weight excluding hydrogens is 356 g/mol. The van der Waals surface area contributed by atoms with Crippen LogP contribution in [0.3, 0.4) is 0 Å². The minimum Gasteiger partial charge on any atom is -0.289 e. The molecule has 0 aliphatic carbocycles. The summed E-state index contributed by atoms with van der Waals surface area (Å²) in [5.74, 6) is 0.574. The SMILES string of the molecule is C=CCSC(=NC#N)SC=CC(=O)c1cccc(Br)c1. The van der Waals surface area contributed by atoms with Crippen LogP contribution in [0.15, 0.2) is 57.9 Å². The fourth-order valence-electron chi connectivity index (χ4n) is 1.16. The fraction of sp³-hybridized carbons (Fsp3) is 0.0714. The average Bonchev–Trinajstić information content (AvgIpc) is 2.44. The van der Waals surface area contributed by atoms with Crippen molar-refractivity contribution in [2.45, 2.75) is 0 Å². The molecule has 1 rings (SSSR count). The van der Waals surface area contributed by atoms with Crippen LogP contribution in [-0.4, -0.2) is 15.9 Å². The first kappa shape index (κ1) is 16.8. The number of ketones is 1.